The van der Waals surface area contributed by atoms with Crippen molar-refractivity contribution in [3.63, 3.8) is 0 Å². The molecule has 1 fully saturated rings. The lowest BCUT2D eigenvalue weighted by molar-refractivity contribution is 0.127. The molecule has 0 bridgehead atoms. The molecule has 12 heteroatoms. The van der Waals surface area contributed by atoms with E-state index in [0.717, 1.165) is 16.8 Å². The van der Waals surface area contributed by atoms with Gasteiger partial charge in [0.2, 0.25) is 5.88 Å². The van der Waals surface area contributed by atoms with Crippen LogP contribution in [-0.2, 0) is 15.6 Å². The van der Waals surface area contributed by atoms with Gasteiger partial charge in [-0.25, -0.2) is 9.97 Å². The zero-order valence-corrected chi connectivity index (χ0v) is 25.4. The van der Waals surface area contributed by atoms with Crippen LogP contribution < -0.4 is 13.9 Å². The Morgan fingerprint density at radius 2 is 1.81 bits per heavy atom. The lowest BCUT2D eigenvalue weighted by Crippen LogP contribution is -2.58. The number of benzene rings is 1. The number of pyridine rings is 3. The molecule has 3 aromatic heterocycles. The summed E-state index contributed by atoms with van der Waals surface area (Å²) >= 11 is 6.57. The van der Waals surface area contributed by atoms with Gasteiger partial charge in [0.15, 0.2) is 5.03 Å². The van der Waals surface area contributed by atoms with Crippen LogP contribution in [0.3, 0.4) is 0 Å². The Balaban J connectivity index is 1.53. The van der Waals surface area contributed by atoms with Crippen LogP contribution in [0.25, 0.3) is 0 Å². The molecule has 43 heavy (non-hydrogen) atoms. The fourth-order valence-electron chi connectivity index (χ4n) is 6.00. The number of aryl methyl sites for hydroxylation is 1. The van der Waals surface area contributed by atoms with Crippen LogP contribution in [-0.4, -0.2) is 67.6 Å². The number of ether oxygens (including phenoxy) is 1. The molecule has 5 heterocycles. The second-order valence-electron chi connectivity index (χ2n) is 10.5. The Kier molecular flexibility index (Phi) is 7.68. The average Bonchev–Trinajstić information content (AvgIpc) is 3.38. The summed E-state index contributed by atoms with van der Waals surface area (Å²) in [6, 6.07) is 18.2. The molecular weight excluding hydrogens is 586 g/mol. The molecule has 1 saturated heterocycles. The van der Waals surface area contributed by atoms with Crippen molar-refractivity contribution in [3.05, 3.63) is 101 Å². The lowest BCUT2D eigenvalue weighted by atomic mass is 9.82. The van der Waals surface area contributed by atoms with Crippen molar-refractivity contribution in [1.82, 2.24) is 19.9 Å². The van der Waals surface area contributed by atoms with E-state index in [1.54, 1.807) is 48.9 Å². The topological polar surface area (TPSA) is 116 Å². The molecule has 0 spiro atoms. The maximum atomic E-state index is 14.2. The molecule has 0 amide bonds. The predicted octanol–water partition coefficient (Wildman–Crippen LogP) is 4.38. The third kappa shape index (κ3) is 5.16. The van der Waals surface area contributed by atoms with E-state index >= 15 is 0 Å². The number of nitriles is 1. The summed E-state index contributed by atoms with van der Waals surface area (Å²) in [5.74, 6) is 0.347. The number of nitrogens with zero attached hydrogens (tertiary/aromatic N) is 7. The molecule has 2 aliphatic heterocycles. The highest BCUT2D eigenvalue weighted by Crippen LogP contribution is 2.50. The molecule has 10 nitrogen and oxygen atoms in total. The fraction of sp³-hybridized carbons (Fsp3) is 0.290. The standard InChI is InChI=1S/C31H30ClN7O3S/c1-3-42-29-18-24(17-28(32)36-29)31(38-14-12-37(13-15-38)25-8-10-34-11-9-25)21-39(27-6-5-23(19-33)16-26(27)31)43(40,41)30-7-4-22(2)20-35-30/h4-11,16-18,20H,3,12-15,21H2,1-2H3. The van der Waals surface area contributed by atoms with Crippen LogP contribution in [0.5, 0.6) is 5.88 Å². The van der Waals surface area contributed by atoms with Gasteiger partial charge in [0, 0.05) is 62.1 Å². The summed E-state index contributed by atoms with van der Waals surface area (Å²) in [5.41, 5.74) is 3.28. The SMILES string of the molecule is CCOc1cc(C2(N3CCN(c4ccncc4)CC3)CN(S(=O)(=O)c3ccc(C)cn3)c3ccc(C#N)cc32)cc(Cl)n1. The van der Waals surface area contributed by atoms with E-state index < -0.39 is 15.6 Å². The van der Waals surface area contributed by atoms with E-state index in [4.69, 9.17) is 16.3 Å². The van der Waals surface area contributed by atoms with Gasteiger partial charge in [-0.05, 0) is 67.4 Å². The number of halogens is 1. The molecule has 4 aromatic rings. The van der Waals surface area contributed by atoms with Gasteiger partial charge < -0.3 is 9.64 Å². The number of sulfonamides is 1. The molecule has 1 atom stereocenters. The van der Waals surface area contributed by atoms with Crippen molar-refractivity contribution < 1.29 is 13.2 Å². The summed E-state index contributed by atoms with van der Waals surface area (Å²) < 4.78 is 35.7. The van der Waals surface area contributed by atoms with Crippen molar-refractivity contribution in [2.75, 3.05) is 48.5 Å². The first-order chi connectivity index (χ1) is 20.8. The third-order valence-electron chi connectivity index (χ3n) is 8.04. The number of hydrogen-bond acceptors (Lipinski definition) is 9. The zero-order valence-electron chi connectivity index (χ0n) is 23.8. The van der Waals surface area contributed by atoms with Gasteiger partial charge in [-0.15, -0.1) is 0 Å². The van der Waals surface area contributed by atoms with Gasteiger partial charge in [0.1, 0.15) is 5.15 Å². The number of rotatable bonds is 7. The Hall–Kier alpha value is -4.24. The fourth-order valence-corrected chi connectivity index (χ4v) is 7.63. The van der Waals surface area contributed by atoms with Gasteiger partial charge in [-0.2, -0.15) is 13.7 Å². The van der Waals surface area contributed by atoms with Crippen LogP contribution in [0, 0.1) is 18.3 Å². The van der Waals surface area contributed by atoms with Crippen LogP contribution in [0.1, 0.15) is 29.2 Å². The Morgan fingerprint density at radius 3 is 2.49 bits per heavy atom. The predicted molar refractivity (Wildman–Crippen MR) is 164 cm³/mol. The van der Waals surface area contributed by atoms with E-state index in [9.17, 15) is 13.7 Å². The zero-order chi connectivity index (χ0) is 30.2. The maximum Gasteiger partial charge on any atom is 0.281 e. The summed E-state index contributed by atoms with van der Waals surface area (Å²) in [6.07, 6.45) is 5.09. The van der Waals surface area contributed by atoms with Gasteiger partial charge in [-0.3, -0.25) is 14.2 Å². The van der Waals surface area contributed by atoms with Crippen molar-refractivity contribution in [2.45, 2.75) is 24.4 Å². The van der Waals surface area contributed by atoms with Crippen LogP contribution >= 0.6 is 11.6 Å². The molecule has 0 N–H and O–H groups in total. The molecule has 1 aromatic carbocycles. The number of anilines is 2. The highest BCUT2D eigenvalue weighted by atomic mass is 35.5. The minimum Gasteiger partial charge on any atom is -0.478 e. The number of aromatic nitrogens is 3. The van der Waals surface area contributed by atoms with E-state index in [1.807, 2.05) is 32.0 Å². The monoisotopic (exact) mass is 615 g/mol. The van der Waals surface area contributed by atoms with E-state index in [2.05, 4.69) is 30.8 Å². The second-order valence-corrected chi connectivity index (χ2v) is 12.7. The van der Waals surface area contributed by atoms with Gasteiger partial charge in [-0.1, -0.05) is 17.7 Å². The minimum atomic E-state index is -4.07. The number of fused-ring (bicyclic) bond motifs is 1. The smallest absolute Gasteiger partial charge is 0.281 e. The Morgan fingerprint density at radius 1 is 1.05 bits per heavy atom. The number of piperazine rings is 1. The van der Waals surface area contributed by atoms with E-state index in [-0.39, 0.29) is 16.7 Å². The normalized spacial score (nSPS) is 18.7. The van der Waals surface area contributed by atoms with Crippen molar-refractivity contribution >= 4 is 33.0 Å². The molecular formula is C31H30ClN7O3S. The van der Waals surface area contributed by atoms with E-state index in [1.165, 1.54) is 10.4 Å². The van der Waals surface area contributed by atoms with Crippen molar-refractivity contribution in [2.24, 2.45) is 0 Å². The lowest BCUT2D eigenvalue weighted by Gasteiger charge is -2.47. The molecule has 220 valence electrons. The number of hydrogen-bond donors (Lipinski definition) is 0. The summed E-state index contributed by atoms with van der Waals surface area (Å²) in [6.45, 7) is 6.78. The largest absolute Gasteiger partial charge is 0.478 e. The Labute approximate surface area is 256 Å². The average molecular weight is 616 g/mol. The molecule has 0 saturated carbocycles. The van der Waals surface area contributed by atoms with Crippen molar-refractivity contribution in [1.29, 1.82) is 5.26 Å². The van der Waals surface area contributed by atoms with Crippen LogP contribution in [0.15, 0.2) is 78.2 Å². The summed E-state index contributed by atoms with van der Waals surface area (Å²) in [5, 5.41) is 10.1. The summed E-state index contributed by atoms with van der Waals surface area (Å²) in [7, 11) is -4.07. The van der Waals surface area contributed by atoms with Gasteiger partial charge in [0.05, 0.1) is 36.0 Å². The first kappa shape index (κ1) is 28.9. The van der Waals surface area contributed by atoms with Crippen molar-refractivity contribution in [3.8, 4) is 11.9 Å². The quantitative estimate of drug-likeness (QED) is 0.279. The highest BCUT2D eigenvalue weighted by molar-refractivity contribution is 7.92. The second kappa shape index (κ2) is 11.4. The Bertz CT molecular complexity index is 1790. The summed E-state index contributed by atoms with van der Waals surface area (Å²) in [4.78, 5) is 17.3. The molecule has 2 aliphatic rings. The minimum absolute atomic E-state index is 0.0468. The molecule has 0 radical (unpaired) electrons. The molecule has 6 rings (SSSR count). The third-order valence-corrected chi connectivity index (χ3v) is 9.91. The van der Waals surface area contributed by atoms with Crippen LogP contribution in [0.4, 0.5) is 11.4 Å². The first-order valence-corrected chi connectivity index (χ1v) is 15.8. The van der Waals surface area contributed by atoms with Gasteiger partial charge >= 0.3 is 0 Å². The van der Waals surface area contributed by atoms with Gasteiger partial charge in [0.25, 0.3) is 10.0 Å². The molecule has 1 unspecified atom stereocenters. The van der Waals surface area contributed by atoms with E-state index in [0.29, 0.717) is 55.5 Å². The highest BCUT2D eigenvalue weighted by Gasteiger charge is 2.53. The first-order valence-electron chi connectivity index (χ1n) is 14.0. The molecule has 0 aliphatic carbocycles. The van der Waals surface area contributed by atoms with Crippen LogP contribution in [0.2, 0.25) is 5.15 Å². The maximum absolute atomic E-state index is 14.2.